The first-order chi connectivity index (χ1) is 22.4. The third kappa shape index (κ3) is 6.78. The van der Waals surface area contributed by atoms with Gasteiger partial charge in [-0.15, -0.1) is 11.8 Å². The van der Waals surface area contributed by atoms with E-state index in [9.17, 15) is 9.59 Å². The molecule has 0 unspecified atom stereocenters. The minimum atomic E-state index is -0.723. The van der Waals surface area contributed by atoms with Crippen LogP contribution in [-0.4, -0.2) is 23.4 Å². The van der Waals surface area contributed by atoms with Gasteiger partial charge >= 0.3 is 5.97 Å². The van der Waals surface area contributed by atoms with E-state index in [-0.39, 0.29) is 12.2 Å². The summed E-state index contributed by atoms with van der Waals surface area (Å²) in [4.78, 5) is 34.3. The zero-order valence-corrected chi connectivity index (χ0v) is 28.9. The predicted molar refractivity (Wildman–Crippen MR) is 189 cm³/mol. The molecule has 0 saturated carbocycles. The number of thioether (sulfide) groups is 1. The highest BCUT2D eigenvalue weighted by Crippen LogP contribution is 2.36. The molecule has 10 heteroatoms. The SMILES string of the molecule is CCOC(=O)C1=C(c2ccccc2)N=c2s/c(=C\c3ccc(OCc4ccc(Cl)cc4)c(Br)c3)c(=O)n2[C@@H]1c1ccc(SC)cc1. The van der Waals surface area contributed by atoms with Gasteiger partial charge in [-0.1, -0.05) is 83.6 Å². The first-order valence-electron chi connectivity index (χ1n) is 14.5. The average Bonchev–Trinajstić information content (AvgIpc) is 3.38. The summed E-state index contributed by atoms with van der Waals surface area (Å²) in [5.41, 5.74) is 3.95. The number of fused-ring (bicyclic) bond motifs is 1. The Kier molecular flexibility index (Phi) is 9.94. The molecule has 46 heavy (non-hydrogen) atoms. The Morgan fingerprint density at radius 2 is 1.78 bits per heavy atom. The van der Waals surface area contributed by atoms with Crippen LogP contribution in [-0.2, 0) is 16.1 Å². The number of ether oxygens (including phenoxy) is 2. The van der Waals surface area contributed by atoms with Crippen LogP contribution in [0.1, 0.15) is 35.2 Å². The summed E-state index contributed by atoms with van der Waals surface area (Å²) in [7, 11) is 0. The second kappa shape index (κ2) is 14.3. The molecule has 5 aromatic rings. The Hall–Kier alpha value is -3.89. The number of rotatable bonds is 9. The summed E-state index contributed by atoms with van der Waals surface area (Å²) in [5.74, 6) is 0.172. The second-order valence-electron chi connectivity index (χ2n) is 10.3. The fourth-order valence-corrected chi connectivity index (χ4v) is 7.21. The molecule has 0 radical (unpaired) electrons. The number of halogens is 2. The van der Waals surface area contributed by atoms with Gasteiger partial charge in [0.1, 0.15) is 12.4 Å². The maximum atomic E-state index is 14.2. The highest BCUT2D eigenvalue weighted by atomic mass is 79.9. The van der Waals surface area contributed by atoms with Gasteiger partial charge in [-0.05, 0) is 88.3 Å². The molecule has 0 N–H and O–H groups in total. The van der Waals surface area contributed by atoms with E-state index in [0.717, 1.165) is 31.6 Å². The third-order valence-corrected chi connectivity index (χ3v) is 9.96. The normalized spacial score (nSPS) is 14.5. The zero-order valence-electron chi connectivity index (χ0n) is 24.9. The maximum Gasteiger partial charge on any atom is 0.338 e. The molecule has 0 aliphatic carbocycles. The van der Waals surface area contributed by atoms with Gasteiger partial charge in [0.15, 0.2) is 4.80 Å². The molecule has 0 spiro atoms. The first kappa shape index (κ1) is 32.1. The van der Waals surface area contributed by atoms with E-state index in [1.165, 1.54) is 11.3 Å². The standard InChI is InChI=1S/C36H28BrClN2O4S2/c1-3-43-35(42)31-32(24-7-5-4-6-8-24)39-36-40(33(31)25-12-16-27(45-2)17-13-25)34(41)30(46-36)20-23-11-18-29(28(37)19-23)44-21-22-9-14-26(38)15-10-22/h4-20,33H,3,21H2,1-2H3/b30-20-/t33-/m1/s1. The molecule has 1 aromatic heterocycles. The average molecular weight is 732 g/mol. The van der Waals surface area contributed by atoms with Gasteiger partial charge in [0.2, 0.25) is 0 Å². The van der Waals surface area contributed by atoms with E-state index in [4.69, 9.17) is 26.1 Å². The van der Waals surface area contributed by atoms with Gasteiger partial charge in [0.05, 0.1) is 32.9 Å². The highest BCUT2D eigenvalue weighted by Gasteiger charge is 2.35. The van der Waals surface area contributed by atoms with Gasteiger partial charge in [0, 0.05) is 15.5 Å². The van der Waals surface area contributed by atoms with Gasteiger partial charge < -0.3 is 9.47 Å². The molecule has 0 bridgehead atoms. The highest BCUT2D eigenvalue weighted by molar-refractivity contribution is 9.10. The number of aromatic nitrogens is 1. The molecule has 6 rings (SSSR count). The van der Waals surface area contributed by atoms with Crippen molar-refractivity contribution >= 4 is 68.4 Å². The van der Waals surface area contributed by atoms with Gasteiger partial charge in [-0.25, -0.2) is 9.79 Å². The minimum absolute atomic E-state index is 0.196. The van der Waals surface area contributed by atoms with Crippen LogP contribution in [0.25, 0.3) is 11.8 Å². The lowest BCUT2D eigenvalue weighted by Gasteiger charge is -2.26. The van der Waals surface area contributed by atoms with Crippen molar-refractivity contribution in [3.05, 3.63) is 154 Å². The van der Waals surface area contributed by atoms with Crippen molar-refractivity contribution in [1.82, 2.24) is 4.57 Å². The number of hydrogen-bond acceptors (Lipinski definition) is 7. The van der Waals surface area contributed by atoms with Crippen LogP contribution in [0.4, 0.5) is 0 Å². The van der Waals surface area contributed by atoms with Gasteiger partial charge in [-0.2, -0.15) is 0 Å². The van der Waals surface area contributed by atoms with Crippen molar-refractivity contribution in [3.8, 4) is 5.75 Å². The lowest BCUT2D eigenvalue weighted by atomic mass is 9.93. The minimum Gasteiger partial charge on any atom is -0.488 e. The quantitative estimate of drug-likeness (QED) is 0.115. The van der Waals surface area contributed by atoms with Crippen LogP contribution in [0.5, 0.6) is 5.75 Å². The van der Waals surface area contributed by atoms with Crippen LogP contribution in [0, 0.1) is 0 Å². The molecule has 0 saturated heterocycles. The fraction of sp³-hybridized carbons (Fsp3) is 0.139. The van der Waals surface area contributed by atoms with E-state index >= 15 is 0 Å². The Bertz CT molecular complexity index is 2110. The lowest BCUT2D eigenvalue weighted by molar-refractivity contribution is -0.138. The van der Waals surface area contributed by atoms with E-state index < -0.39 is 12.0 Å². The molecule has 2 heterocycles. The van der Waals surface area contributed by atoms with Crippen molar-refractivity contribution in [3.63, 3.8) is 0 Å². The molecule has 1 atom stereocenters. The lowest BCUT2D eigenvalue weighted by Crippen LogP contribution is -2.40. The third-order valence-electron chi connectivity index (χ3n) is 7.37. The summed E-state index contributed by atoms with van der Waals surface area (Å²) < 4.78 is 14.4. The summed E-state index contributed by atoms with van der Waals surface area (Å²) in [6, 6.07) is 29.9. The van der Waals surface area contributed by atoms with Gasteiger partial charge in [0.25, 0.3) is 5.56 Å². The molecule has 232 valence electrons. The van der Waals surface area contributed by atoms with Crippen LogP contribution in [0.2, 0.25) is 5.02 Å². The summed E-state index contributed by atoms with van der Waals surface area (Å²) in [6.45, 7) is 2.35. The Labute approximate surface area is 287 Å². The fourth-order valence-electron chi connectivity index (χ4n) is 5.16. The number of carbonyl (C=O) groups is 1. The molecule has 0 fully saturated rings. The first-order valence-corrected chi connectivity index (χ1v) is 17.7. The number of carbonyl (C=O) groups excluding carboxylic acids is 1. The molecule has 0 amide bonds. The number of nitrogens with zero attached hydrogens (tertiary/aromatic N) is 2. The van der Waals surface area contributed by atoms with Crippen LogP contribution in [0.3, 0.4) is 0 Å². The Balaban J connectivity index is 1.45. The number of hydrogen-bond donors (Lipinski definition) is 0. The Morgan fingerprint density at radius 3 is 2.46 bits per heavy atom. The summed E-state index contributed by atoms with van der Waals surface area (Å²) in [6.07, 6.45) is 3.84. The van der Waals surface area contributed by atoms with Crippen molar-refractivity contribution < 1.29 is 14.3 Å². The van der Waals surface area contributed by atoms with Crippen LogP contribution < -0.4 is 19.6 Å². The molecular weight excluding hydrogens is 704 g/mol. The molecular formula is C36H28BrClN2O4S2. The van der Waals surface area contributed by atoms with E-state index in [1.807, 2.05) is 109 Å². The van der Waals surface area contributed by atoms with Crippen LogP contribution >= 0.6 is 50.6 Å². The summed E-state index contributed by atoms with van der Waals surface area (Å²) in [5, 5.41) is 0.674. The van der Waals surface area contributed by atoms with E-state index in [0.29, 0.717) is 38.0 Å². The largest absolute Gasteiger partial charge is 0.488 e. The number of benzene rings is 4. The predicted octanol–water partition coefficient (Wildman–Crippen LogP) is 7.65. The topological polar surface area (TPSA) is 69.9 Å². The molecule has 6 nitrogen and oxygen atoms in total. The second-order valence-corrected chi connectivity index (χ2v) is 13.5. The number of esters is 1. The molecule has 4 aromatic carbocycles. The Morgan fingerprint density at radius 1 is 1.04 bits per heavy atom. The maximum absolute atomic E-state index is 14.2. The number of thiazole rings is 1. The van der Waals surface area contributed by atoms with E-state index in [2.05, 4.69) is 15.9 Å². The monoisotopic (exact) mass is 730 g/mol. The van der Waals surface area contributed by atoms with Crippen LogP contribution in [0.15, 0.2) is 122 Å². The zero-order chi connectivity index (χ0) is 32.2. The van der Waals surface area contributed by atoms with E-state index in [1.54, 1.807) is 23.3 Å². The van der Waals surface area contributed by atoms with Crippen molar-refractivity contribution in [2.45, 2.75) is 24.5 Å². The smallest absolute Gasteiger partial charge is 0.338 e. The van der Waals surface area contributed by atoms with Crippen molar-refractivity contribution in [2.75, 3.05) is 12.9 Å². The van der Waals surface area contributed by atoms with Crippen molar-refractivity contribution in [2.24, 2.45) is 4.99 Å². The van der Waals surface area contributed by atoms with Gasteiger partial charge in [-0.3, -0.25) is 9.36 Å². The van der Waals surface area contributed by atoms with Crippen molar-refractivity contribution in [1.29, 1.82) is 0 Å². The molecule has 1 aliphatic rings. The molecule has 1 aliphatic heterocycles. The summed E-state index contributed by atoms with van der Waals surface area (Å²) >= 11 is 12.5.